The lowest BCUT2D eigenvalue weighted by molar-refractivity contribution is -0.385. The van der Waals surface area contributed by atoms with Gasteiger partial charge in [-0.05, 0) is 19.3 Å². The number of likely N-dealkylation sites (tertiary alicyclic amines) is 2. The van der Waals surface area contributed by atoms with E-state index in [1.165, 1.54) is 36.2 Å². The number of carbonyl (C=O) groups excluding carboxylic acids is 2. The van der Waals surface area contributed by atoms with Gasteiger partial charge in [-0.2, -0.15) is 8.42 Å². The summed E-state index contributed by atoms with van der Waals surface area (Å²) in [5, 5.41) is 51.1. The molecule has 4 N–H and O–H groups in total. The van der Waals surface area contributed by atoms with Gasteiger partial charge >= 0.3 is 0 Å². The summed E-state index contributed by atoms with van der Waals surface area (Å²) in [4.78, 5) is 49.5. The van der Waals surface area contributed by atoms with E-state index in [2.05, 4.69) is 13.2 Å². The Morgan fingerprint density at radius 2 is 1.26 bits per heavy atom. The van der Waals surface area contributed by atoms with Crippen LogP contribution in [0.2, 0.25) is 0 Å². The molecule has 0 aromatic heterocycles. The van der Waals surface area contributed by atoms with Crippen LogP contribution in [0.15, 0.2) is 48.6 Å². The Morgan fingerprint density at radius 3 is 1.64 bits per heavy atom. The smallest absolute Gasteiger partial charge is 0.286 e. The van der Waals surface area contributed by atoms with E-state index in [9.17, 15) is 53.6 Å². The maximum absolute atomic E-state index is 12.9. The van der Waals surface area contributed by atoms with Crippen molar-refractivity contribution in [3.63, 3.8) is 0 Å². The number of aliphatic hydroxyl groups is 2. The minimum absolute atomic E-state index is 0.0347. The number of phenolic OH excluding ortho intramolecular Hbond substituents is 1. The Kier molecular flexibility index (Phi) is 16.1. The maximum atomic E-state index is 12.9. The van der Waals surface area contributed by atoms with Gasteiger partial charge in [-0.3, -0.25) is 34.4 Å². The molecule has 19 nitrogen and oxygen atoms in total. The fourth-order valence-electron chi connectivity index (χ4n) is 5.38. The molecule has 0 bridgehead atoms. The van der Waals surface area contributed by atoms with Gasteiger partial charge in [0.15, 0.2) is 23.0 Å². The number of amides is 2. The molecule has 4 rings (SSSR count). The number of nitro benzene ring substituents is 2. The molecule has 0 aliphatic carbocycles. The molecule has 0 unspecified atom stereocenters. The zero-order valence-electron chi connectivity index (χ0n) is 29.7. The molecule has 2 amide bonds. The number of rotatable bonds is 12. The predicted octanol–water partition coefficient (Wildman–Crippen LogP) is 3.12. The molecule has 2 aliphatic rings. The van der Waals surface area contributed by atoms with E-state index in [0.29, 0.717) is 25.7 Å². The van der Waals surface area contributed by atoms with Gasteiger partial charge in [0.05, 0.1) is 74.4 Å². The van der Waals surface area contributed by atoms with Crippen molar-refractivity contribution in [3.05, 3.63) is 79.9 Å². The van der Waals surface area contributed by atoms with Crippen LogP contribution >= 0.6 is 0 Å². The summed E-state index contributed by atoms with van der Waals surface area (Å²) in [7, 11) is -0.973. The first kappa shape index (κ1) is 43.9. The summed E-state index contributed by atoms with van der Waals surface area (Å²) >= 11 is 0. The van der Waals surface area contributed by atoms with Crippen molar-refractivity contribution < 1.29 is 61.9 Å². The Balaban J connectivity index is 0.000000329. The molecular weight excluding hydrogens is 724 g/mol. The minimum atomic E-state index is -3.67. The van der Waals surface area contributed by atoms with E-state index in [1.807, 2.05) is 6.92 Å². The zero-order chi connectivity index (χ0) is 40.2. The van der Waals surface area contributed by atoms with E-state index in [4.69, 9.17) is 18.8 Å². The maximum Gasteiger partial charge on any atom is 0.286 e. The molecule has 0 saturated carbocycles. The largest absolute Gasteiger partial charge is 0.504 e. The number of carbonyl (C=O) groups is 2. The zero-order valence-corrected chi connectivity index (χ0v) is 30.5. The Bertz CT molecular complexity index is 1810. The van der Waals surface area contributed by atoms with Crippen molar-refractivity contribution in [1.29, 1.82) is 0 Å². The molecule has 20 heteroatoms. The SMILES string of the molecule is C=C1C[C@@H](CO)N(C(=O)c2cc(OC)c(O)cc2[N+](=O)[O-])C1.C=C1C[C@@H](CO)N(C(=O)c2cc(OC)c(OCCCC)cc2[N+](=O)[O-])C1.CS(=O)(=O)O. The normalized spacial score (nSPS) is 16.6. The number of phenols is 1. The van der Waals surface area contributed by atoms with Gasteiger partial charge < -0.3 is 39.3 Å². The first-order chi connectivity index (χ1) is 24.8. The summed E-state index contributed by atoms with van der Waals surface area (Å²) in [5.74, 6) is -1.11. The van der Waals surface area contributed by atoms with Crippen LogP contribution in [0.5, 0.6) is 23.0 Å². The third-order valence-electron chi connectivity index (χ3n) is 7.85. The lowest BCUT2D eigenvalue weighted by Gasteiger charge is -2.23. The van der Waals surface area contributed by atoms with Crippen molar-refractivity contribution in [3.8, 4) is 23.0 Å². The minimum Gasteiger partial charge on any atom is -0.504 e. The second kappa shape index (κ2) is 19.5. The van der Waals surface area contributed by atoms with Crippen LogP contribution in [0.1, 0.15) is 53.3 Å². The van der Waals surface area contributed by atoms with Crippen molar-refractivity contribution in [2.24, 2.45) is 0 Å². The number of hydrogen-bond donors (Lipinski definition) is 4. The number of hydrogen-bond acceptors (Lipinski definition) is 14. The van der Waals surface area contributed by atoms with Gasteiger partial charge in [0.1, 0.15) is 11.1 Å². The van der Waals surface area contributed by atoms with E-state index < -0.39 is 55.3 Å². The summed E-state index contributed by atoms with van der Waals surface area (Å²) in [5.41, 5.74) is 0.400. The fourth-order valence-corrected chi connectivity index (χ4v) is 5.38. The number of benzene rings is 2. The van der Waals surface area contributed by atoms with Crippen molar-refractivity contribution in [1.82, 2.24) is 9.80 Å². The van der Waals surface area contributed by atoms with Gasteiger partial charge in [-0.1, -0.05) is 37.6 Å². The van der Waals surface area contributed by atoms with Gasteiger partial charge in [0.2, 0.25) is 0 Å². The first-order valence-electron chi connectivity index (χ1n) is 16.0. The van der Waals surface area contributed by atoms with Gasteiger partial charge in [-0.15, -0.1) is 0 Å². The summed E-state index contributed by atoms with van der Waals surface area (Å²) in [6, 6.07) is 3.68. The summed E-state index contributed by atoms with van der Waals surface area (Å²) < 4.78 is 41.6. The second-order valence-corrected chi connectivity index (χ2v) is 13.4. The molecule has 2 aromatic carbocycles. The molecule has 292 valence electrons. The standard InChI is InChI=1S/C18H24N2O6.C14H16N2O6.CH4O3S/c1-4-5-6-26-17-9-15(20(23)24)14(8-16(17)25-3)18(22)19-10-12(2)7-13(19)11-21;1-8-3-9(7-17)15(6-8)14(19)10-4-13(22-2)12(18)5-11(10)16(20)21;1-5(2,3)4/h8-9,13,21H,2,4-7,10-11H2,1,3H3;4-5,9,17-18H,1,3,6-7H2,2H3;1H3,(H,2,3,4)/t13-;9-;/m00./s1. The molecule has 2 atom stereocenters. The highest BCUT2D eigenvalue weighted by atomic mass is 32.2. The van der Waals surface area contributed by atoms with Crippen molar-refractivity contribution in [2.45, 2.75) is 44.7 Å². The Morgan fingerprint density at radius 1 is 0.849 bits per heavy atom. The number of ether oxygens (including phenoxy) is 3. The van der Waals surface area contributed by atoms with Crippen LogP contribution in [0.3, 0.4) is 0 Å². The third-order valence-corrected chi connectivity index (χ3v) is 7.85. The Hall–Kier alpha value is -5.31. The van der Waals surface area contributed by atoms with Gasteiger partial charge in [0, 0.05) is 25.2 Å². The van der Waals surface area contributed by atoms with Crippen LogP contribution in [0.25, 0.3) is 0 Å². The van der Waals surface area contributed by atoms with Gasteiger partial charge in [-0.25, -0.2) is 0 Å². The number of nitro groups is 2. The topological polar surface area (TPSA) is 270 Å². The predicted molar refractivity (Wildman–Crippen MR) is 190 cm³/mol. The third kappa shape index (κ3) is 12.1. The molecule has 2 saturated heterocycles. The number of aliphatic hydroxyl groups excluding tert-OH is 2. The molecule has 0 spiro atoms. The number of nitrogens with zero attached hydrogens (tertiary/aromatic N) is 4. The lowest BCUT2D eigenvalue weighted by atomic mass is 10.1. The summed E-state index contributed by atoms with van der Waals surface area (Å²) in [6.07, 6.45) is 3.36. The second-order valence-electron chi connectivity index (χ2n) is 12.0. The number of unbranched alkanes of at least 4 members (excludes halogenated alkanes) is 1. The van der Waals surface area contributed by atoms with Crippen LogP contribution in [0, 0.1) is 20.2 Å². The number of aromatic hydroxyl groups is 1. The van der Waals surface area contributed by atoms with Crippen LogP contribution in [0.4, 0.5) is 11.4 Å². The van der Waals surface area contributed by atoms with E-state index in [1.54, 1.807) is 0 Å². The molecule has 2 aliphatic heterocycles. The molecule has 2 fully saturated rings. The lowest BCUT2D eigenvalue weighted by Crippen LogP contribution is -2.38. The van der Waals surface area contributed by atoms with E-state index in [0.717, 1.165) is 36.1 Å². The molecule has 0 radical (unpaired) electrons. The molecule has 2 heterocycles. The monoisotopic (exact) mass is 768 g/mol. The van der Waals surface area contributed by atoms with Gasteiger partial charge in [0.25, 0.3) is 33.3 Å². The molecule has 53 heavy (non-hydrogen) atoms. The molecular formula is C33H44N4O15S. The fraction of sp³-hybridized carbons (Fsp3) is 0.455. The highest BCUT2D eigenvalue weighted by Gasteiger charge is 2.36. The average molecular weight is 769 g/mol. The highest BCUT2D eigenvalue weighted by molar-refractivity contribution is 7.85. The van der Waals surface area contributed by atoms with E-state index >= 15 is 0 Å². The molecule has 2 aromatic rings. The van der Waals surface area contributed by atoms with E-state index in [-0.39, 0.29) is 60.4 Å². The van der Waals surface area contributed by atoms with Crippen molar-refractivity contribution >= 4 is 33.3 Å². The first-order valence-corrected chi connectivity index (χ1v) is 17.8. The van der Waals surface area contributed by atoms with Crippen LogP contribution in [-0.4, -0.2) is 125 Å². The van der Waals surface area contributed by atoms with Crippen LogP contribution < -0.4 is 14.2 Å². The average Bonchev–Trinajstić information content (AvgIpc) is 3.68. The van der Waals surface area contributed by atoms with Crippen LogP contribution in [-0.2, 0) is 10.1 Å². The van der Waals surface area contributed by atoms with Crippen molar-refractivity contribution in [2.75, 3.05) is 53.4 Å². The Labute approximate surface area is 305 Å². The summed E-state index contributed by atoms with van der Waals surface area (Å²) in [6.45, 7) is 10.0. The number of methoxy groups -OCH3 is 2. The highest BCUT2D eigenvalue weighted by Crippen LogP contribution is 2.38. The quantitative estimate of drug-likeness (QED) is 0.0794.